The summed E-state index contributed by atoms with van der Waals surface area (Å²) in [5.41, 5.74) is 0. The molecule has 0 aromatic rings. The van der Waals surface area contributed by atoms with Crippen molar-refractivity contribution in [3.05, 3.63) is 6.42 Å². The maximum Gasteiger partial charge on any atom is 0.0812 e. The molecular formula is C7H11O2. The maximum atomic E-state index is 5.04. The highest BCUT2D eigenvalue weighted by Gasteiger charge is 2.25. The van der Waals surface area contributed by atoms with Gasteiger partial charge in [-0.05, 0) is 19.3 Å². The van der Waals surface area contributed by atoms with Gasteiger partial charge in [-0.15, -0.1) is 0 Å². The van der Waals surface area contributed by atoms with Crippen molar-refractivity contribution in [2.24, 2.45) is 0 Å². The van der Waals surface area contributed by atoms with E-state index in [9.17, 15) is 0 Å². The van der Waals surface area contributed by atoms with Gasteiger partial charge in [0.25, 0.3) is 0 Å². The Morgan fingerprint density at radius 3 is 1.89 bits per heavy atom. The van der Waals surface area contributed by atoms with Crippen molar-refractivity contribution in [3.63, 3.8) is 0 Å². The molecule has 51 valence electrons. The molecule has 2 heteroatoms. The Hall–Kier alpha value is -0.0800. The van der Waals surface area contributed by atoms with Crippen LogP contribution < -0.4 is 0 Å². The van der Waals surface area contributed by atoms with E-state index in [0.29, 0.717) is 12.2 Å². The second-order valence-corrected chi connectivity index (χ2v) is 2.67. The zero-order valence-electron chi connectivity index (χ0n) is 5.38. The first kappa shape index (κ1) is 5.69. The van der Waals surface area contributed by atoms with Gasteiger partial charge < -0.3 is 9.47 Å². The Morgan fingerprint density at radius 2 is 1.56 bits per heavy atom. The van der Waals surface area contributed by atoms with E-state index in [4.69, 9.17) is 9.47 Å². The van der Waals surface area contributed by atoms with E-state index in [1.807, 2.05) is 0 Å². The van der Waals surface area contributed by atoms with E-state index in [1.54, 1.807) is 0 Å². The molecule has 2 saturated heterocycles. The molecule has 2 aliphatic rings. The van der Waals surface area contributed by atoms with Crippen LogP contribution in [-0.2, 0) is 9.47 Å². The number of epoxide rings is 2. The van der Waals surface area contributed by atoms with Crippen LogP contribution in [0.4, 0.5) is 0 Å². The lowest BCUT2D eigenvalue weighted by Crippen LogP contribution is -1.90. The van der Waals surface area contributed by atoms with Gasteiger partial charge in [-0.3, -0.25) is 0 Å². The molecule has 0 aliphatic carbocycles. The van der Waals surface area contributed by atoms with Crippen LogP contribution in [0.25, 0.3) is 0 Å². The number of hydrogen-bond donors (Lipinski definition) is 0. The number of hydrogen-bond acceptors (Lipinski definition) is 2. The summed E-state index contributed by atoms with van der Waals surface area (Å²) in [5.74, 6) is 0. The van der Waals surface area contributed by atoms with E-state index >= 15 is 0 Å². The van der Waals surface area contributed by atoms with E-state index in [-0.39, 0.29) is 0 Å². The van der Waals surface area contributed by atoms with Crippen molar-refractivity contribution in [2.75, 3.05) is 13.2 Å². The van der Waals surface area contributed by atoms with Crippen molar-refractivity contribution in [3.8, 4) is 0 Å². The molecule has 2 fully saturated rings. The number of ether oxygens (including phenoxy) is 2. The molecule has 0 aromatic carbocycles. The molecule has 2 heterocycles. The third-order valence-electron chi connectivity index (χ3n) is 1.66. The van der Waals surface area contributed by atoms with E-state index in [0.717, 1.165) is 26.1 Å². The van der Waals surface area contributed by atoms with Crippen molar-refractivity contribution in [1.29, 1.82) is 0 Å². The Kier molecular flexibility index (Phi) is 1.44. The van der Waals surface area contributed by atoms with Gasteiger partial charge in [0.15, 0.2) is 0 Å². The molecule has 2 unspecified atom stereocenters. The summed E-state index contributed by atoms with van der Waals surface area (Å²) in [6.45, 7) is 1.95. The van der Waals surface area contributed by atoms with Crippen LogP contribution in [0.5, 0.6) is 0 Å². The van der Waals surface area contributed by atoms with Crippen LogP contribution in [0.1, 0.15) is 12.8 Å². The fourth-order valence-corrected chi connectivity index (χ4v) is 0.876. The Morgan fingerprint density at radius 1 is 1.11 bits per heavy atom. The molecule has 9 heavy (non-hydrogen) atoms. The van der Waals surface area contributed by atoms with Gasteiger partial charge in [-0.2, -0.15) is 0 Å². The normalized spacial score (nSPS) is 38.7. The monoisotopic (exact) mass is 127 g/mol. The largest absolute Gasteiger partial charge is 0.373 e. The average Bonchev–Trinajstić information content (AvgIpc) is 2.57. The Bertz CT molecular complexity index is 83.1. The van der Waals surface area contributed by atoms with Gasteiger partial charge >= 0.3 is 0 Å². The summed E-state index contributed by atoms with van der Waals surface area (Å²) in [7, 11) is 0. The minimum atomic E-state index is 0.559. The van der Waals surface area contributed by atoms with Crippen LogP contribution in [0.3, 0.4) is 0 Å². The highest BCUT2D eigenvalue weighted by Crippen LogP contribution is 2.20. The summed E-state index contributed by atoms with van der Waals surface area (Å²) in [5, 5.41) is 0. The third kappa shape index (κ3) is 1.95. The molecular weight excluding hydrogens is 116 g/mol. The molecule has 2 nitrogen and oxygen atoms in total. The molecule has 2 aliphatic heterocycles. The molecule has 0 saturated carbocycles. The van der Waals surface area contributed by atoms with E-state index in [1.165, 1.54) is 0 Å². The van der Waals surface area contributed by atoms with Gasteiger partial charge in [0, 0.05) is 0 Å². The van der Waals surface area contributed by atoms with Crippen molar-refractivity contribution in [1.82, 2.24) is 0 Å². The van der Waals surface area contributed by atoms with Crippen molar-refractivity contribution in [2.45, 2.75) is 25.0 Å². The lowest BCUT2D eigenvalue weighted by atomic mass is 10.2. The maximum absolute atomic E-state index is 5.04. The fraction of sp³-hybridized carbons (Fsp3) is 0.857. The van der Waals surface area contributed by atoms with E-state index < -0.39 is 0 Å². The first-order valence-corrected chi connectivity index (χ1v) is 3.50. The predicted molar refractivity (Wildman–Crippen MR) is 33.0 cm³/mol. The minimum absolute atomic E-state index is 0.559. The SMILES string of the molecule is [CH](CC1CO1)CC1CO1. The molecule has 1 radical (unpaired) electrons. The summed E-state index contributed by atoms with van der Waals surface area (Å²) >= 11 is 0. The van der Waals surface area contributed by atoms with Crippen LogP contribution in [0.2, 0.25) is 0 Å². The molecule has 2 rings (SSSR count). The van der Waals surface area contributed by atoms with Crippen molar-refractivity contribution >= 4 is 0 Å². The standard InChI is InChI=1S/C7H11O2/c1(2-6-4-8-6)3-7-5-9-7/h1,6-7H,2-5H2. The lowest BCUT2D eigenvalue weighted by molar-refractivity contribution is 0.388. The van der Waals surface area contributed by atoms with E-state index in [2.05, 4.69) is 6.42 Å². The molecule has 0 bridgehead atoms. The molecule has 0 N–H and O–H groups in total. The lowest BCUT2D eigenvalue weighted by Gasteiger charge is -1.90. The summed E-state index contributed by atoms with van der Waals surface area (Å²) in [6.07, 6.45) is 5.64. The first-order valence-electron chi connectivity index (χ1n) is 3.50. The predicted octanol–water partition coefficient (Wildman–Crippen LogP) is 0.768. The third-order valence-corrected chi connectivity index (χ3v) is 1.66. The summed E-state index contributed by atoms with van der Waals surface area (Å²) in [6, 6.07) is 0. The van der Waals surface area contributed by atoms with Crippen LogP contribution in [-0.4, -0.2) is 25.4 Å². The van der Waals surface area contributed by atoms with Gasteiger partial charge in [0.1, 0.15) is 0 Å². The van der Waals surface area contributed by atoms with Gasteiger partial charge in [-0.1, -0.05) is 0 Å². The quantitative estimate of drug-likeness (QED) is 0.521. The molecule has 0 aromatic heterocycles. The fourth-order valence-electron chi connectivity index (χ4n) is 0.876. The second kappa shape index (κ2) is 2.27. The molecule has 0 spiro atoms. The Labute approximate surface area is 55.1 Å². The van der Waals surface area contributed by atoms with Gasteiger partial charge in [-0.25, -0.2) is 0 Å². The zero-order valence-corrected chi connectivity index (χ0v) is 5.38. The van der Waals surface area contributed by atoms with Crippen LogP contribution >= 0.6 is 0 Å². The second-order valence-electron chi connectivity index (χ2n) is 2.67. The highest BCUT2D eigenvalue weighted by atomic mass is 16.6. The van der Waals surface area contributed by atoms with Crippen molar-refractivity contribution < 1.29 is 9.47 Å². The zero-order chi connectivity index (χ0) is 6.10. The van der Waals surface area contributed by atoms with Gasteiger partial charge in [0.05, 0.1) is 25.4 Å². The number of rotatable bonds is 4. The minimum Gasteiger partial charge on any atom is -0.373 e. The highest BCUT2D eigenvalue weighted by molar-refractivity contribution is 4.83. The van der Waals surface area contributed by atoms with Crippen LogP contribution in [0, 0.1) is 6.42 Å². The van der Waals surface area contributed by atoms with Gasteiger partial charge in [0.2, 0.25) is 0 Å². The summed E-state index contributed by atoms with van der Waals surface area (Å²) < 4.78 is 10.1. The smallest absolute Gasteiger partial charge is 0.0812 e. The van der Waals surface area contributed by atoms with Crippen LogP contribution in [0.15, 0.2) is 0 Å². The average molecular weight is 127 g/mol. The topological polar surface area (TPSA) is 25.1 Å². The molecule has 2 atom stereocenters. The molecule has 0 amide bonds. The Balaban J connectivity index is 1.46. The summed E-state index contributed by atoms with van der Waals surface area (Å²) in [4.78, 5) is 0. The first-order chi connectivity index (χ1) is 4.45.